The van der Waals surface area contributed by atoms with Crippen LogP contribution in [-0.2, 0) is 0 Å². The van der Waals surface area contributed by atoms with Gasteiger partial charge in [-0.3, -0.25) is 0 Å². The van der Waals surface area contributed by atoms with Gasteiger partial charge in [-0.2, -0.15) is 0 Å². The predicted molar refractivity (Wildman–Crippen MR) is 62.8 cm³/mol. The lowest BCUT2D eigenvalue weighted by atomic mass is 10.1. The van der Waals surface area contributed by atoms with Crippen molar-refractivity contribution in [3.63, 3.8) is 0 Å². The second-order valence-corrected chi connectivity index (χ2v) is 3.22. The Balaban J connectivity index is 2.46. The summed E-state index contributed by atoms with van der Waals surface area (Å²) in [7, 11) is 0. The van der Waals surface area contributed by atoms with Gasteiger partial charge < -0.3 is 0 Å². The molecule has 0 N–H and O–H groups in total. The Morgan fingerprint density at radius 3 is 2.36 bits per heavy atom. The molecule has 1 aliphatic rings. The number of rotatable bonds is 0. The van der Waals surface area contributed by atoms with Crippen molar-refractivity contribution in [1.82, 2.24) is 0 Å². The maximum absolute atomic E-state index is 3.09. The van der Waals surface area contributed by atoms with Crippen LogP contribution in [0.5, 0.6) is 0 Å². The van der Waals surface area contributed by atoms with E-state index in [0.29, 0.717) is 0 Å². The van der Waals surface area contributed by atoms with Crippen molar-refractivity contribution in [3.8, 4) is 0 Å². The Hall–Kier alpha value is -1.30. The molecular formula is C14H17. The first kappa shape index (κ1) is 10.8. The minimum Gasteiger partial charge on any atom is -0.0845 e. The van der Waals surface area contributed by atoms with Crippen LogP contribution in [-0.4, -0.2) is 0 Å². The lowest BCUT2D eigenvalue weighted by Gasteiger charge is -1.91. The van der Waals surface area contributed by atoms with Crippen molar-refractivity contribution >= 4 is 0 Å². The third-order valence-corrected chi connectivity index (χ3v) is 1.98. The van der Waals surface area contributed by atoms with Gasteiger partial charge in [0.2, 0.25) is 0 Å². The maximum atomic E-state index is 3.09. The van der Waals surface area contributed by atoms with E-state index in [0.717, 1.165) is 6.42 Å². The van der Waals surface area contributed by atoms with E-state index < -0.39 is 0 Å². The largest absolute Gasteiger partial charge is 0.0845 e. The van der Waals surface area contributed by atoms with Gasteiger partial charge in [0.05, 0.1) is 0 Å². The van der Waals surface area contributed by atoms with Crippen LogP contribution in [0, 0.1) is 6.08 Å². The smallest absolute Gasteiger partial charge is 0.0187 e. The molecule has 0 bridgehead atoms. The molecule has 0 aromatic carbocycles. The summed E-state index contributed by atoms with van der Waals surface area (Å²) in [5, 5.41) is 0. The van der Waals surface area contributed by atoms with Crippen LogP contribution >= 0.6 is 0 Å². The van der Waals surface area contributed by atoms with E-state index in [1.165, 1.54) is 19.3 Å². The normalized spacial score (nSPS) is 29.7. The molecule has 1 rings (SSSR count). The Bertz CT molecular complexity index is 234. The van der Waals surface area contributed by atoms with Crippen LogP contribution < -0.4 is 0 Å². The summed E-state index contributed by atoms with van der Waals surface area (Å²) in [6, 6.07) is 0. The second-order valence-electron chi connectivity index (χ2n) is 3.22. The highest BCUT2D eigenvalue weighted by molar-refractivity contribution is 5.15. The van der Waals surface area contributed by atoms with Crippen molar-refractivity contribution in [2.24, 2.45) is 0 Å². The van der Waals surface area contributed by atoms with Gasteiger partial charge >= 0.3 is 0 Å². The van der Waals surface area contributed by atoms with E-state index in [1.54, 1.807) is 0 Å². The zero-order chi connectivity index (χ0) is 9.90. The average Bonchev–Trinajstić information content (AvgIpc) is 2.22. The van der Waals surface area contributed by atoms with Gasteiger partial charge in [0.25, 0.3) is 0 Å². The Kier molecular flexibility index (Phi) is 6.39. The molecule has 0 heterocycles. The van der Waals surface area contributed by atoms with Crippen molar-refractivity contribution in [1.29, 1.82) is 0 Å². The molecule has 0 aromatic heterocycles. The van der Waals surface area contributed by atoms with Gasteiger partial charge in [-0.05, 0) is 31.8 Å². The third kappa shape index (κ3) is 6.24. The van der Waals surface area contributed by atoms with Gasteiger partial charge in [0.1, 0.15) is 0 Å². The monoisotopic (exact) mass is 185 g/mol. The van der Waals surface area contributed by atoms with Gasteiger partial charge in [0, 0.05) is 0 Å². The lowest BCUT2D eigenvalue weighted by Crippen LogP contribution is -1.72. The second kappa shape index (κ2) is 8.31. The van der Waals surface area contributed by atoms with E-state index in [1.807, 2.05) is 30.4 Å². The average molecular weight is 185 g/mol. The Labute approximate surface area is 87.0 Å². The molecule has 73 valence electrons. The Morgan fingerprint density at radius 2 is 1.43 bits per heavy atom. The highest BCUT2D eigenvalue weighted by atomic mass is 13.9. The summed E-state index contributed by atoms with van der Waals surface area (Å²) in [4.78, 5) is 0. The summed E-state index contributed by atoms with van der Waals surface area (Å²) < 4.78 is 0. The molecule has 0 saturated carbocycles. The molecular weight excluding hydrogens is 168 g/mol. The summed E-state index contributed by atoms with van der Waals surface area (Å²) in [6.45, 7) is 0. The summed E-state index contributed by atoms with van der Waals surface area (Å²) >= 11 is 0. The molecule has 0 aliphatic heterocycles. The van der Waals surface area contributed by atoms with Gasteiger partial charge in [0.15, 0.2) is 0 Å². The number of allylic oxidation sites excluding steroid dienone is 10. The van der Waals surface area contributed by atoms with Gasteiger partial charge in [-0.25, -0.2) is 0 Å². The fourth-order valence-corrected chi connectivity index (χ4v) is 1.21. The molecule has 0 atom stereocenters. The fraction of sp³-hybridized carbons (Fsp3) is 0.286. The minimum atomic E-state index is 1.16. The van der Waals surface area contributed by atoms with Crippen molar-refractivity contribution in [2.45, 2.75) is 25.7 Å². The molecule has 1 aliphatic carbocycles. The first-order chi connectivity index (χ1) is 7.00. The van der Waals surface area contributed by atoms with E-state index in [-0.39, 0.29) is 0 Å². The summed E-state index contributed by atoms with van der Waals surface area (Å²) in [5.41, 5.74) is 0. The fourth-order valence-electron chi connectivity index (χ4n) is 1.21. The molecule has 1 radical (unpaired) electrons. The number of hydrogen-bond donors (Lipinski definition) is 0. The van der Waals surface area contributed by atoms with Crippen LogP contribution in [0.15, 0.2) is 54.7 Å². The van der Waals surface area contributed by atoms with Crippen LogP contribution in [0.4, 0.5) is 0 Å². The summed E-state index contributed by atoms with van der Waals surface area (Å²) in [5.74, 6) is 0. The van der Waals surface area contributed by atoms with E-state index in [9.17, 15) is 0 Å². The van der Waals surface area contributed by atoms with Crippen LogP contribution in [0.25, 0.3) is 0 Å². The third-order valence-electron chi connectivity index (χ3n) is 1.98. The van der Waals surface area contributed by atoms with Gasteiger partial charge in [-0.1, -0.05) is 54.7 Å². The first-order valence-electron chi connectivity index (χ1n) is 5.23. The van der Waals surface area contributed by atoms with Crippen molar-refractivity contribution < 1.29 is 0 Å². The van der Waals surface area contributed by atoms with Crippen LogP contribution in [0.2, 0.25) is 0 Å². The van der Waals surface area contributed by atoms with Crippen LogP contribution in [0.3, 0.4) is 0 Å². The molecule has 0 amide bonds. The summed E-state index contributed by atoms with van der Waals surface area (Å²) in [6.07, 6.45) is 26.5. The predicted octanol–water partition coefficient (Wildman–Crippen LogP) is 4.14. The quantitative estimate of drug-likeness (QED) is 0.532. The van der Waals surface area contributed by atoms with E-state index in [2.05, 4.69) is 30.4 Å². The topological polar surface area (TPSA) is 0 Å². The molecule has 0 unspecified atom stereocenters. The number of hydrogen-bond acceptors (Lipinski definition) is 0. The molecule has 0 nitrogen and oxygen atoms in total. The Morgan fingerprint density at radius 1 is 0.714 bits per heavy atom. The molecule has 14 heavy (non-hydrogen) atoms. The SMILES string of the molecule is [C]1=C/C=C\C=C\C=C/CCCC\C=C/1. The maximum Gasteiger partial charge on any atom is -0.0187 e. The molecule has 0 aromatic rings. The lowest BCUT2D eigenvalue weighted by molar-refractivity contribution is 0.762. The highest BCUT2D eigenvalue weighted by Crippen LogP contribution is 2.02. The standard InChI is InChI=1S/C14H17/c1-2-4-6-8-10-12-14-13-11-9-7-5-3-1/h1-7,11,13H,8,10,12,14H2/b2-1+,5-3-,6-4-,9-7?,13-11-. The van der Waals surface area contributed by atoms with Crippen LogP contribution in [0.1, 0.15) is 25.7 Å². The zero-order valence-corrected chi connectivity index (χ0v) is 8.52. The van der Waals surface area contributed by atoms with E-state index >= 15 is 0 Å². The first-order valence-corrected chi connectivity index (χ1v) is 5.23. The van der Waals surface area contributed by atoms with Crippen molar-refractivity contribution in [3.05, 3.63) is 60.8 Å². The molecule has 0 saturated heterocycles. The van der Waals surface area contributed by atoms with Crippen molar-refractivity contribution in [2.75, 3.05) is 0 Å². The zero-order valence-electron chi connectivity index (χ0n) is 8.52. The molecule has 0 spiro atoms. The minimum absolute atomic E-state index is 1.16. The van der Waals surface area contributed by atoms with E-state index in [4.69, 9.17) is 0 Å². The molecule has 0 fully saturated rings. The van der Waals surface area contributed by atoms with Gasteiger partial charge in [-0.15, -0.1) is 0 Å². The highest BCUT2D eigenvalue weighted by Gasteiger charge is 1.82. The molecule has 0 heteroatoms.